The van der Waals surface area contributed by atoms with Crippen molar-refractivity contribution in [2.24, 2.45) is 0 Å². The van der Waals surface area contributed by atoms with Crippen LogP contribution in [0, 0.1) is 5.82 Å². The molecule has 2 heterocycles. The lowest BCUT2D eigenvalue weighted by molar-refractivity contribution is 0.173. The van der Waals surface area contributed by atoms with Gasteiger partial charge in [-0.25, -0.2) is 4.39 Å². The van der Waals surface area contributed by atoms with E-state index >= 15 is 0 Å². The summed E-state index contributed by atoms with van der Waals surface area (Å²) in [7, 11) is 0. The highest BCUT2D eigenvalue weighted by Crippen LogP contribution is 2.35. The molecule has 0 unspecified atom stereocenters. The topological polar surface area (TPSA) is 40.6 Å². The number of pyridine rings is 1. The largest absolute Gasteiger partial charge is 0.489 e. The zero-order valence-corrected chi connectivity index (χ0v) is 12.7. The van der Waals surface area contributed by atoms with Crippen molar-refractivity contribution >= 4 is 0 Å². The molecule has 0 amide bonds. The first-order valence-corrected chi connectivity index (χ1v) is 7.51. The number of aromatic nitrogens is 1. The molecule has 0 N–H and O–H groups in total. The van der Waals surface area contributed by atoms with E-state index in [1.54, 1.807) is 30.6 Å². The van der Waals surface area contributed by atoms with E-state index in [9.17, 15) is 4.39 Å². The average Bonchev–Trinajstić information content (AvgIpc) is 3.09. The van der Waals surface area contributed by atoms with Gasteiger partial charge in [0.05, 0.1) is 0 Å². The number of ether oxygens (including phenoxy) is 3. The van der Waals surface area contributed by atoms with Crippen LogP contribution in [0.25, 0.3) is 11.1 Å². The third-order valence-electron chi connectivity index (χ3n) is 3.80. The van der Waals surface area contributed by atoms with Gasteiger partial charge in [0.25, 0.3) is 0 Å². The Hall–Kier alpha value is -3.08. The summed E-state index contributed by atoms with van der Waals surface area (Å²) in [5.41, 5.74) is 2.80. The van der Waals surface area contributed by atoms with E-state index < -0.39 is 0 Å². The summed E-state index contributed by atoms with van der Waals surface area (Å²) in [4.78, 5) is 4.16. The van der Waals surface area contributed by atoms with Crippen LogP contribution in [-0.2, 0) is 6.61 Å². The van der Waals surface area contributed by atoms with Gasteiger partial charge in [0, 0.05) is 24.0 Å². The van der Waals surface area contributed by atoms with Gasteiger partial charge in [-0.3, -0.25) is 4.98 Å². The fourth-order valence-electron chi connectivity index (χ4n) is 2.58. The van der Waals surface area contributed by atoms with Crippen molar-refractivity contribution in [3.8, 4) is 28.4 Å². The SMILES string of the molecule is Fc1ccc(-c2ccncc2COc2ccc3c(c2)OCO3)cc1. The van der Waals surface area contributed by atoms with Gasteiger partial charge in [-0.1, -0.05) is 12.1 Å². The minimum atomic E-state index is -0.258. The molecule has 1 aromatic heterocycles. The van der Waals surface area contributed by atoms with E-state index in [4.69, 9.17) is 14.2 Å². The first-order valence-electron chi connectivity index (χ1n) is 7.51. The van der Waals surface area contributed by atoms with Crippen molar-refractivity contribution in [2.75, 3.05) is 6.79 Å². The van der Waals surface area contributed by atoms with Crippen molar-refractivity contribution in [1.29, 1.82) is 0 Å². The number of halogens is 1. The Labute approximate surface area is 138 Å². The third kappa shape index (κ3) is 2.88. The van der Waals surface area contributed by atoms with Crippen molar-refractivity contribution in [3.63, 3.8) is 0 Å². The molecule has 1 aliphatic heterocycles. The number of rotatable bonds is 4. The molecule has 120 valence electrons. The van der Waals surface area contributed by atoms with E-state index in [0.717, 1.165) is 22.4 Å². The van der Waals surface area contributed by atoms with Crippen LogP contribution in [0.3, 0.4) is 0 Å². The van der Waals surface area contributed by atoms with Crippen LogP contribution in [0.4, 0.5) is 4.39 Å². The van der Waals surface area contributed by atoms with Gasteiger partial charge < -0.3 is 14.2 Å². The maximum atomic E-state index is 13.1. The van der Waals surface area contributed by atoms with Gasteiger partial charge in [-0.2, -0.15) is 0 Å². The molecule has 24 heavy (non-hydrogen) atoms. The zero-order chi connectivity index (χ0) is 16.4. The van der Waals surface area contributed by atoms with Crippen molar-refractivity contribution in [1.82, 2.24) is 4.98 Å². The van der Waals surface area contributed by atoms with Crippen LogP contribution in [0.1, 0.15) is 5.56 Å². The summed E-state index contributed by atoms with van der Waals surface area (Å²) in [6.07, 6.45) is 3.47. The minimum absolute atomic E-state index is 0.232. The Morgan fingerprint density at radius 3 is 2.71 bits per heavy atom. The molecule has 0 spiro atoms. The number of hydrogen-bond acceptors (Lipinski definition) is 4. The van der Waals surface area contributed by atoms with Crippen LogP contribution in [-0.4, -0.2) is 11.8 Å². The predicted molar refractivity (Wildman–Crippen MR) is 86.5 cm³/mol. The first kappa shape index (κ1) is 14.5. The standard InChI is InChI=1S/C19H14FNO3/c20-15-3-1-13(2-4-15)17-7-8-21-10-14(17)11-22-16-5-6-18-19(9-16)24-12-23-18/h1-10H,11-12H2. The normalized spacial score (nSPS) is 12.2. The molecule has 0 fully saturated rings. The molecule has 4 nitrogen and oxygen atoms in total. The molecule has 0 radical (unpaired) electrons. The molecule has 5 heteroatoms. The average molecular weight is 323 g/mol. The lowest BCUT2D eigenvalue weighted by Gasteiger charge is -2.11. The van der Waals surface area contributed by atoms with E-state index in [2.05, 4.69) is 4.98 Å². The number of hydrogen-bond donors (Lipinski definition) is 0. The zero-order valence-electron chi connectivity index (χ0n) is 12.7. The van der Waals surface area contributed by atoms with Crippen molar-refractivity contribution in [2.45, 2.75) is 6.61 Å². The van der Waals surface area contributed by atoms with E-state index in [1.165, 1.54) is 12.1 Å². The molecule has 0 aliphatic carbocycles. The molecule has 4 rings (SSSR count). The molecule has 0 saturated heterocycles. The summed E-state index contributed by atoms with van der Waals surface area (Å²) >= 11 is 0. The van der Waals surface area contributed by atoms with Gasteiger partial charge in [0.15, 0.2) is 11.5 Å². The number of nitrogens with zero attached hydrogens (tertiary/aromatic N) is 1. The Balaban J connectivity index is 1.56. The number of fused-ring (bicyclic) bond motifs is 1. The van der Waals surface area contributed by atoms with Gasteiger partial charge in [0.1, 0.15) is 18.2 Å². The highest BCUT2D eigenvalue weighted by atomic mass is 19.1. The van der Waals surface area contributed by atoms with E-state index in [0.29, 0.717) is 18.1 Å². The molecule has 1 aliphatic rings. The molecular formula is C19H14FNO3. The molecule has 0 saturated carbocycles. The summed E-state index contributed by atoms with van der Waals surface area (Å²) < 4.78 is 29.6. The Morgan fingerprint density at radius 1 is 1.00 bits per heavy atom. The van der Waals surface area contributed by atoms with Gasteiger partial charge in [0.2, 0.25) is 6.79 Å². The van der Waals surface area contributed by atoms with Crippen LogP contribution >= 0.6 is 0 Å². The summed E-state index contributed by atoms with van der Waals surface area (Å²) in [6, 6.07) is 13.7. The summed E-state index contributed by atoms with van der Waals surface area (Å²) in [5.74, 6) is 1.83. The van der Waals surface area contributed by atoms with Gasteiger partial charge in [-0.05, 0) is 41.5 Å². The second-order valence-electron chi connectivity index (χ2n) is 5.34. The maximum Gasteiger partial charge on any atom is 0.231 e. The summed E-state index contributed by atoms with van der Waals surface area (Å²) in [6.45, 7) is 0.580. The summed E-state index contributed by atoms with van der Waals surface area (Å²) in [5, 5.41) is 0. The van der Waals surface area contributed by atoms with Crippen molar-refractivity contribution in [3.05, 3.63) is 72.3 Å². The number of benzene rings is 2. The van der Waals surface area contributed by atoms with Crippen LogP contribution in [0.2, 0.25) is 0 Å². The van der Waals surface area contributed by atoms with E-state index in [1.807, 2.05) is 18.2 Å². The van der Waals surface area contributed by atoms with Crippen LogP contribution in [0.15, 0.2) is 60.9 Å². The molecule has 3 aromatic rings. The third-order valence-corrected chi connectivity index (χ3v) is 3.80. The molecule has 0 bridgehead atoms. The Kier molecular flexibility index (Phi) is 3.75. The fourth-order valence-corrected chi connectivity index (χ4v) is 2.58. The Morgan fingerprint density at radius 2 is 1.83 bits per heavy atom. The maximum absolute atomic E-state index is 13.1. The van der Waals surface area contributed by atoms with Crippen LogP contribution < -0.4 is 14.2 Å². The quantitative estimate of drug-likeness (QED) is 0.722. The van der Waals surface area contributed by atoms with Crippen LogP contribution in [0.5, 0.6) is 17.2 Å². The molecule has 2 aromatic carbocycles. The fraction of sp³-hybridized carbons (Fsp3) is 0.105. The van der Waals surface area contributed by atoms with Gasteiger partial charge >= 0.3 is 0 Å². The molecule has 0 atom stereocenters. The van der Waals surface area contributed by atoms with E-state index in [-0.39, 0.29) is 12.6 Å². The lowest BCUT2D eigenvalue weighted by atomic mass is 10.0. The van der Waals surface area contributed by atoms with Gasteiger partial charge in [-0.15, -0.1) is 0 Å². The first-order chi connectivity index (χ1) is 11.8. The Bertz CT molecular complexity index is 865. The van der Waals surface area contributed by atoms with Crippen molar-refractivity contribution < 1.29 is 18.6 Å². The predicted octanol–water partition coefficient (Wildman–Crippen LogP) is 4.20. The smallest absolute Gasteiger partial charge is 0.231 e. The second kappa shape index (κ2) is 6.20. The monoisotopic (exact) mass is 323 g/mol. The lowest BCUT2D eigenvalue weighted by Crippen LogP contribution is -1.99. The highest BCUT2D eigenvalue weighted by Gasteiger charge is 2.14. The minimum Gasteiger partial charge on any atom is -0.489 e. The second-order valence-corrected chi connectivity index (χ2v) is 5.34. The highest BCUT2D eigenvalue weighted by molar-refractivity contribution is 5.66. The molecular weight excluding hydrogens is 309 g/mol.